The maximum Gasteiger partial charge on any atom is 0.0953 e. The summed E-state index contributed by atoms with van der Waals surface area (Å²) in [6, 6.07) is 4.34. The monoisotopic (exact) mass is 222 g/mol. The molecule has 0 amide bonds. The number of nitriles is 2. The zero-order valence-electron chi connectivity index (χ0n) is 10.3. The molecule has 0 aliphatic heterocycles. The second-order valence-corrected chi connectivity index (χ2v) is 3.85. The summed E-state index contributed by atoms with van der Waals surface area (Å²) in [5, 5.41) is 23.9. The van der Waals surface area contributed by atoms with E-state index in [-0.39, 0.29) is 12.1 Å². The minimum Gasteiger partial charge on any atom is -0.301 e. The first-order valence-electron chi connectivity index (χ1n) is 6.04. The van der Waals surface area contributed by atoms with Gasteiger partial charge in [-0.1, -0.05) is 26.7 Å². The Bertz CT molecular complexity index is 212. The number of hydrogen-bond donors (Lipinski definition) is 2. The average molecular weight is 222 g/mol. The van der Waals surface area contributed by atoms with Gasteiger partial charge in [0, 0.05) is 13.1 Å². The fraction of sp³-hybridized carbons (Fsp3) is 0.833. The fourth-order valence-electron chi connectivity index (χ4n) is 1.49. The predicted molar refractivity (Wildman–Crippen MR) is 64.6 cm³/mol. The van der Waals surface area contributed by atoms with Gasteiger partial charge in [-0.25, -0.2) is 0 Å². The third kappa shape index (κ3) is 7.23. The van der Waals surface area contributed by atoms with Crippen LogP contribution in [0.25, 0.3) is 0 Å². The van der Waals surface area contributed by atoms with Crippen molar-refractivity contribution in [1.29, 1.82) is 10.5 Å². The van der Waals surface area contributed by atoms with Crippen LogP contribution in [0, 0.1) is 22.7 Å². The van der Waals surface area contributed by atoms with Crippen LogP contribution in [0.3, 0.4) is 0 Å². The van der Waals surface area contributed by atoms with Gasteiger partial charge in [0.1, 0.15) is 0 Å². The molecule has 0 spiro atoms. The molecule has 0 aliphatic carbocycles. The van der Waals surface area contributed by atoms with E-state index in [0.717, 1.165) is 38.8 Å². The maximum absolute atomic E-state index is 8.81. The lowest BCUT2D eigenvalue weighted by atomic mass is 10.2. The van der Waals surface area contributed by atoms with Crippen molar-refractivity contribution in [2.45, 2.75) is 51.6 Å². The summed E-state index contributed by atoms with van der Waals surface area (Å²) < 4.78 is 0. The van der Waals surface area contributed by atoms with Crippen LogP contribution in [0.1, 0.15) is 39.5 Å². The van der Waals surface area contributed by atoms with Crippen molar-refractivity contribution in [2.75, 3.05) is 13.1 Å². The van der Waals surface area contributed by atoms with Gasteiger partial charge in [-0.2, -0.15) is 10.5 Å². The Morgan fingerprint density at radius 2 is 1.25 bits per heavy atom. The van der Waals surface area contributed by atoms with Crippen LogP contribution in [-0.2, 0) is 0 Å². The number of hydrogen-bond acceptors (Lipinski definition) is 4. The van der Waals surface area contributed by atoms with Gasteiger partial charge in [0.2, 0.25) is 0 Å². The van der Waals surface area contributed by atoms with Gasteiger partial charge in [0.15, 0.2) is 0 Å². The van der Waals surface area contributed by atoms with Crippen molar-refractivity contribution in [3.05, 3.63) is 0 Å². The van der Waals surface area contributed by atoms with Crippen molar-refractivity contribution in [2.24, 2.45) is 0 Å². The second kappa shape index (κ2) is 10.4. The van der Waals surface area contributed by atoms with E-state index < -0.39 is 0 Å². The van der Waals surface area contributed by atoms with E-state index in [1.165, 1.54) is 0 Å². The Kier molecular flexibility index (Phi) is 9.70. The lowest BCUT2D eigenvalue weighted by Crippen LogP contribution is -2.37. The molecule has 0 aromatic rings. The normalized spacial score (nSPS) is 13.8. The maximum atomic E-state index is 8.81. The van der Waals surface area contributed by atoms with Crippen molar-refractivity contribution in [3.8, 4) is 12.1 Å². The Labute approximate surface area is 98.6 Å². The van der Waals surface area contributed by atoms with E-state index in [0.29, 0.717) is 0 Å². The minimum atomic E-state index is -0.0569. The molecule has 0 aliphatic rings. The summed E-state index contributed by atoms with van der Waals surface area (Å²) in [6.07, 6.45) is 3.78. The van der Waals surface area contributed by atoms with Crippen LogP contribution < -0.4 is 10.6 Å². The largest absolute Gasteiger partial charge is 0.301 e. The molecule has 4 nitrogen and oxygen atoms in total. The molecule has 0 saturated heterocycles. The summed E-state index contributed by atoms with van der Waals surface area (Å²) in [7, 11) is 0. The number of nitrogens with one attached hydrogen (secondary N) is 2. The van der Waals surface area contributed by atoms with Crippen LogP contribution in [-0.4, -0.2) is 25.2 Å². The second-order valence-electron chi connectivity index (χ2n) is 3.85. The summed E-state index contributed by atoms with van der Waals surface area (Å²) >= 11 is 0. The summed E-state index contributed by atoms with van der Waals surface area (Å²) in [5.74, 6) is 0. The molecule has 2 N–H and O–H groups in total. The highest BCUT2D eigenvalue weighted by molar-refractivity contribution is 4.91. The Morgan fingerprint density at radius 1 is 0.875 bits per heavy atom. The first-order chi connectivity index (χ1) is 7.78. The molecule has 90 valence electrons. The van der Waals surface area contributed by atoms with Crippen molar-refractivity contribution < 1.29 is 0 Å². The first-order valence-corrected chi connectivity index (χ1v) is 6.04. The van der Waals surface area contributed by atoms with E-state index in [4.69, 9.17) is 10.5 Å². The van der Waals surface area contributed by atoms with Crippen molar-refractivity contribution in [1.82, 2.24) is 10.6 Å². The van der Waals surface area contributed by atoms with Gasteiger partial charge >= 0.3 is 0 Å². The van der Waals surface area contributed by atoms with Gasteiger partial charge in [-0.05, 0) is 12.8 Å². The third-order valence-electron chi connectivity index (χ3n) is 2.37. The molecule has 2 unspecified atom stereocenters. The molecule has 0 rings (SSSR count). The van der Waals surface area contributed by atoms with Gasteiger partial charge in [-0.3, -0.25) is 0 Å². The summed E-state index contributed by atoms with van der Waals surface area (Å²) in [5.41, 5.74) is 0. The fourth-order valence-corrected chi connectivity index (χ4v) is 1.49. The van der Waals surface area contributed by atoms with Gasteiger partial charge in [0.25, 0.3) is 0 Å². The zero-order chi connectivity index (χ0) is 12.2. The van der Waals surface area contributed by atoms with Crippen LogP contribution >= 0.6 is 0 Å². The molecule has 0 fully saturated rings. The van der Waals surface area contributed by atoms with Gasteiger partial charge in [0.05, 0.1) is 24.2 Å². The standard InChI is InChI=1S/C12H22N4/c1-3-5-11(9-13)15-7-8-16-12(10-14)6-4-2/h11-12,15-16H,3-8H2,1-2H3. The van der Waals surface area contributed by atoms with Gasteiger partial charge < -0.3 is 10.6 Å². The van der Waals surface area contributed by atoms with Crippen LogP contribution in [0.2, 0.25) is 0 Å². The van der Waals surface area contributed by atoms with Crippen LogP contribution in [0.15, 0.2) is 0 Å². The quantitative estimate of drug-likeness (QED) is 0.581. The molecule has 2 atom stereocenters. The lowest BCUT2D eigenvalue weighted by Gasteiger charge is -2.13. The molecular weight excluding hydrogens is 200 g/mol. The number of rotatable bonds is 9. The van der Waals surface area contributed by atoms with E-state index in [9.17, 15) is 0 Å². The molecule has 4 heteroatoms. The molecule has 0 aromatic heterocycles. The summed E-state index contributed by atoms with van der Waals surface area (Å²) in [4.78, 5) is 0. The molecule has 16 heavy (non-hydrogen) atoms. The third-order valence-corrected chi connectivity index (χ3v) is 2.37. The van der Waals surface area contributed by atoms with E-state index in [2.05, 4.69) is 36.6 Å². The van der Waals surface area contributed by atoms with Crippen molar-refractivity contribution >= 4 is 0 Å². The van der Waals surface area contributed by atoms with E-state index in [1.807, 2.05) is 0 Å². The molecule has 0 bridgehead atoms. The highest BCUT2D eigenvalue weighted by Gasteiger charge is 2.06. The first kappa shape index (κ1) is 14.9. The van der Waals surface area contributed by atoms with Crippen molar-refractivity contribution in [3.63, 3.8) is 0 Å². The number of nitrogens with zero attached hydrogens (tertiary/aromatic N) is 2. The van der Waals surface area contributed by atoms with Crippen LogP contribution in [0.4, 0.5) is 0 Å². The highest BCUT2D eigenvalue weighted by atomic mass is 15.0. The topological polar surface area (TPSA) is 71.6 Å². The lowest BCUT2D eigenvalue weighted by molar-refractivity contribution is 0.506. The van der Waals surface area contributed by atoms with Gasteiger partial charge in [-0.15, -0.1) is 0 Å². The molecule has 0 saturated carbocycles. The molecule has 0 aromatic carbocycles. The molecular formula is C12H22N4. The minimum absolute atomic E-state index is 0.0569. The smallest absolute Gasteiger partial charge is 0.0953 e. The van der Waals surface area contributed by atoms with E-state index in [1.54, 1.807) is 0 Å². The predicted octanol–water partition coefficient (Wildman–Crippen LogP) is 1.55. The zero-order valence-corrected chi connectivity index (χ0v) is 10.3. The Morgan fingerprint density at radius 3 is 1.50 bits per heavy atom. The molecule has 0 radical (unpaired) electrons. The Balaban J connectivity index is 3.58. The summed E-state index contributed by atoms with van der Waals surface area (Å²) in [6.45, 7) is 5.61. The SMILES string of the molecule is CCCC(C#N)NCCNC(C#N)CCC. The highest BCUT2D eigenvalue weighted by Crippen LogP contribution is 1.95. The van der Waals surface area contributed by atoms with Crippen LogP contribution in [0.5, 0.6) is 0 Å². The Hall–Kier alpha value is -1.10. The van der Waals surface area contributed by atoms with E-state index >= 15 is 0 Å². The average Bonchev–Trinajstić information content (AvgIpc) is 2.31. The molecule has 0 heterocycles.